The molecule has 1 N–H and O–H groups in total. The summed E-state index contributed by atoms with van der Waals surface area (Å²) in [6.45, 7) is 2.78. The van der Waals surface area contributed by atoms with Crippen molar-refractivity contribution in [3.63, 3.8) is 0 Å². The Kier molecular flexibility index (Phi) is 9.25. The summed E-state index contributed by atoms with van der Waals surface area (Å²) in [6, 6.07) is 23.5. The smallest absolute Gasteiger partial charge is 0.416 e. The highest BCUT2D eigenvalue weighted by Gasteiger charge is 2.33. The van der Waals surface area contributed by atoms with Crippen molar-refractivity contribution in [3.05, 3.63) is 142 Å². The number of hydrogen-bond acceptors (Lipinski definition) is 7. The molecule has 3 aromatic heterocycles. The molecule has 6 rings (SSSR count). The summed E-state index contributed by atoms with van der Waals surface area (Å²) >= 11 is 0. The standard InChI is InChI=1S/C36H31F3N8O3/c1-23(34-41-20-29(50-34)22-44(2)21-25-8-5-4-6-9-25)43-33(48)31-32(30-16-17-42-46(30)27-14-12-24(19-40)13-15-27)45(3)47(35(31)49)28-11-7-10-26(18-28)36(37,38)39/h4-18,20,23H,21-22H2,1-3H3,(H,43,48). The van der Waals surface area contributed by atoms with Crippen molar-refractivity contribution in [2.45, 2.75) is 32.2 Å². The third-order valence-electron chi connectivity index (χ3n) is 8.05. The van der Waals surface area contributed by atoms with Crippen LogP contribution in [0.25, 0.3) is 22.8 Å². The molecule has 1 atom stereocenters. The lowest BCUT2D eigenvalue weighted by Gasteiger charge is -2.15. The van der Waals surface area contributed by atoms with Gasteiger partial charge in [-0.2, -0.15) is 23.5 Å². The van der Waals surface area contributed by atoms with Crippen molar-refractivity contribution in [2.24, 2.45) is 7.05 Å². The molecule has 6 aromatic rings. The van der Waals surface area contributed by atoms with Gasteiger partial charge in [-0.1, -0.05) is 36.4 Å². The molecule has 3 heterocycles. The van der Waals surface area contributed by atoms with Crippen LogP contribution in [0.4, 0.5) is 13.2 Å². The highest BCUT2D eigenvalue weighted by atomic mass is 19.4. The summed E-state index contributed by atoms with van der Waals surface area (Å²) in [5.74, 6) is -0.0229. The molecule has 3 aromatic carbocycles. The molecule has 11 nitrogen and oxygen atoms in total. The average molecular weight is 681 g/mol. The summed E-state index contributed by atoms with van der Waals surface area (Å²) in [5, 5.41) is 16.4. The van der Waals surface area contributed by atoms with E-state index in [4.69, 9.17) is 4.42 Å². The molecule has 0 aliphatic heterocycles. The molecular formula is C36H31F3N8O3. The fraction of sp³-hybridized carbons (Fsp3) is 0.194. The van der Waals surface area contributed by atoms with Gasteiger partial charge in [-0.25, -0.2) is 14.3 Å². The van der Waals surface area contributed by atoms with E-state index in [1.165, 1.54) is 34.7 Å². The second kappa shape index (κ2) is 13.7. The second-order valence-electron chi connectivity index (χ2n) is 11.7. The number of halogens is 3. The summed E-state index contributed by atoms with van der Waals surface area (Å²) in [7, 11) is 3.41. The summed E-state index contributed by atoms with van der Waals surface area (Å²) in [5.41, 5.74) is 0.224. The van der Waals surface area contributed by atoms with E-state index in [1.54, 1.807) is 43.5 Å². The monoisotopic (exact) mass is 680 g/mol. The van der Waals surface area contributed by atoms with E-state index in [0.717, 1.165) is 22.4 Å². The Morgan fingerprint density at radius 3 is 2.46 bits per heavy atom. The first-order chi connectivity index (χ1) is 23.9. The van der Waals surface area contributed by atoms with Gasteiger partial charge >= 0.3 is 6.18 Å². The number of benzene rings is 3. The number of nitrogens with zero attached hydrogens (tertiary/aromatic N) is 7. The minimum absolute atomic E-state index is 0.0922. The normalized spacial score (nSPS) is 12.2. The van der Waals surface area contributed by atoms with Gasteiger partial charge in [-0.15, -0.1) is 0 Å². The predicted octanol–water partition coefficient (Wildman–Crippen LogP) is 6.03. The molecule has 0 spiro atoms. The molecule has 50 heavy (non-hydrogen) atoms. The van der Waals surface area contributed by atoms with Gasteiger partial charge in [0.1, 0.15) is 23.1 Å². The van der Waals surface area contributed by atoms with E-state index < -0.39 is 29.2 Å². The molecule has 0 bridgehead atoms. The van der Waals surface area contributed by atoms with Crippen molar-refractivity contribution in [2.75, 3.05) is 7.05 Å². The van der Waals surface area contributed by atoms with Crippen LogP contribution in [0.5, 0.6) is 0 Å². The van der Waals surface area contributed by atoms with E-state index in [9.17, 15) is 28.0 Å². The highest BCUT2D eigenvalue weighted by Crippen LogP contribution is 2.31. The van der Waals surface area contributed by atoms with Crippen LogP contribution < -0.4 is 10.9 Å². The molecule has 1 unspecified atom stereocenters. The lowest BCUT2D eigenvalue weighted by Crippen LogP contribution is -2.32. The zero-order valence-electron chi connectivity index (χ0n) is 27.2. The Morgan fingerprint density at radius 1 is 1.02 bits per heavy atom. The van der Waals surface area contributed by atoms with Gasteiger partial charge in [-0.05, 0) is 68.1 Å². The highest BCUT2D eigenvalue weighted by molar-refractivity contribution is 6.00. The molecule has 14 heteroatoms. The maximum atomic E-state index is 14.1. The molecular weight excluding hydrogens is 649 g/mol. The molecule has 0 aliphatic rings. The summed E-state index contributed by atoms with van der Waals surface area (Å²) in [6.07, 6.45) is -1.63. The van der Waals surface area contributed by atoms with Gasteiger partial charge in [0.25, 0.3) is 11.5 Å². The number of carbonyl (C=O) groups is 1. The number of oxazole rings is 1. The van der Waals surface area contributed by atoms with E-state index >= 15 is 0 Å². The van der Waals surface area contributed by atoms with Gasteiger partial charge in [0.15, 0.2) is 0 Å². The largest absolute Gasteiger partial charge is 0.442 e. The first-order valence-electron chi connectivity index (χ1n) is 15.5. The molecule has 0 fully saturated rings. The van der Waals surface area contributed by atoms with E-state index in [0.29, 0.717) is 35.8 Å². The molecule has 0 saturated heterocycles. The number of rotatable bonds is 10. The van der Waals surface area contributed by atoms with Crippen LogP contribution in [0.15, 0.2) is 107 Å². The van der Waals surface area contributed by atoms with Crippen LogP contribution in [0, 0.1) is 11.3 Å². The fourth-order valence-electron chi connectivity index (χ4n) is 5.72. The zero-order chi connectivity index (χ0) is 35.6. The molecule has 0 radical (unpaired) electrons. The summed E-state index contributed by atoms with van der Waals surface area (Å²) < 4.78 is 50.8. The first kappa shape index (κ1) is 33.7. The molecule has 0 saturated carbocycles. The Balaban J connectivity index is 1.36. The number of alkyl halides is 3. The lowest BCUT2D eigenvalue weighted by atomic mass is 10.1. The maximum Gasteiger partial charge on any atom is 0.416 e. The third kappa shape index (κ3) is 6.85. The van der Waals surface area contributed by atoms with Crippen molar-refractivity contribution in [1.82, 2.24) is 34.3 Å². The second-order valence-corrected chi connectivity index (χ2v) is 11.7. The van der Waals surface area contributed by atoms with E-state index in [-0.39, 0.29) is 22.8 Å². The van der Waals surface area contributed by atoms with Crippen molar-refractivity contribution in [1.29, 1.82) is 5.26 Å². The number of nitriles is 1. The lowest BCUT2D eigenvalue weighted by molar-refractivity contribution is -0.137. The van der Waals surface area contributed by atoms with Gasteiger partial charge in [-0.3, -0.25) is 19.2 Å². The number of carbonyl (C=O) groups excluding carboxylic acids is 1. The molecule has 1 amide bonds. The molecule has 254 valence electrons. The summed E-state index contributed by atoms with van der Waals surface area (Å²) in [4.78, 5) is 34.6. The van der Waals surface area contributed by atoms with Crippen molar-refractivity contribution >= 4 is 5.91 Å². The number of hydrogen-bond donors (Lipinski definition) is 1. The van der Waals surface area contributed by atoms with Gasteiger partial charge in [0, 0.05) is 13.6 Å². The van der Waals surface area contributed by atoms with Gasteiger partial charge < -0.3 is 9.73 Å². The average Bonchev–Trinajstić information content (AvgIpc) is 3.83. The predicted molar refractivity (Wildman–Crippen MR) is 177 cm³/mol. The SMILES string of the molecule is CC(NC(=O)c1c(-c2ccnn2-c2ccc(C#N)cc2)n(C)n(-c2cccc(C(F)(F)F)c2)c1=O)c1ncc(CN(C)Cc2ccccc2)o1. The Morgan fingerprint density at radius 2 is 1.76 bits per heavy atom. The maximum absolute atomic E-state index is 14.1. The van der Waals surface area contributed by atoms with Crippen LogP contribution in [0.2, 0.25) is 0 Å². The molecule has 0 aliphatic carbocycles. The van der Waals surface area contributed by atoms with Crippen LogP contribution >= 0.6 is 0 Å². The number of nitrogens with one attached hydrogen (secondary N) is 1. The van der Waals surface area contributed by atoms with Crippen LogP contribution in [0.3, 0.4) is 0 Å². The fourth-order valence-corrected chi connectivity index (χ4v) is 5.72. The Hall–Kier alpha value is -6.20. The van der Waals surface area contributed by atoms with E-state index in [1.807, 2.05) is 48.3 Å². The van der Waals surface area contributed by atoms with Crippen molar-refractivity contribution < 1.29 is 22.4 Å². The first-order valence-corrected chi connectivity index (χ1v) is 15.5. The Labute approximate surface area is 284 Å². The van der Waals surface area contributed by atoms with Gasteiger partial charge in [0.05, 0.1) is 53.2 Å². The zero-order valence-corrected chi connectivity index (χ0v) is 27.2. The van der Waals surface area contributed by atoms with Crippen LogP contribution in [-0.4, -0.2) is 42.0 Å². The van der Waals surface area contributed by atoms with Crippen molar-refractivity contribution in [3.8, 4) is 28.8 Å². The number of amides is 1. The van der Waals surface area contributed by atoms with Crippen LogP contribution in [-0.2, 0) is 26.3 Å². The topological polar surface area (TPSA) is 127 Å². The quantitative estimate of drug-likeness (QED) is 0.187. The van der Waals surface area contributed by atoms with Crippen LogP contribution in [0.1, 0.15) is 51.7 Å². The minimum Gasteiger partial charge on any atom is -0.442 e. The Bertz CT molecular complexity index is 2240. The minimum atomic E-state index is -4.66. The van der Waals surface area contributed by atoms with E-state index in [2.05, 4.69) is 15.4 Å². The number of aromatic nitrogens is 5. The third-order valence-corrected chi connectivity index (χ3v) is 8.05. The van der Waals surface area contributed by atoms with Gasteiger partial charge in [0.2, 0.25) is 5.89 Å².